The molecule has 0 bridgehead atoms. The summed E-state index contributed by atoms with van der Waals surface area (Å²) in [7, 11) is 3.46. The van der Waals surface area contributed by atoms with Crippen LogP contribution in [0.25, 0.3) is 0 Å². The number of carboxylic acid groups (broad SMARTS) is 1. The second kappa shape index (κ2) is 13.7. The number of benzene rings is 1. The molecule has 0 aliphatic carbocycles. The lowest BCUT2D eigenvalue weighted by molar-refractivity contribution is -0.137. The van der Waals surface area contributed by atoms with Crippen molar-refractivity contribution in [1.82, 2.24) is 15.1 Å². The molecule has 1 rings (SSSR count). The van der Waals surface area contributed by atoms with Gasteiger partial charge in [-0.15, -0.1) is 0 Å². The standard InChI is InChI=1S/C32H53N3O5/c1-21(2)24(19-22(3)28(37)38)34(12)27(36)26(30(4,5)6)33-20-25(35(13)29(39)40-31(7,8)9)32(10,11)23-17-15-14-16-18-23/h14-19,21,24-26,33H,20H2,1-13H3,(H,37,38)/t24-,25-,26-/m1/s1. The quantitative estimate of drug-likeness (QED) is 0.337. The van der Waals surface area contributed by atoms with E-state index in [2.05, 4.69) is 19.2 Å². The van der Waals surface area contributed by atoms with Crippen molar-refractivity contribution in [1.29, 1.82) is 0 Å². The van der Waals surface area contributed by atoms with Gasteiger partial charge in [0.2, 0.25) is 5.91 Å². The van der Waals surface area contributed by atoms with E-state index in [1.807, 2.05) is 85.7 Å². The molecule has 40 heavy (non-hydrogen) atoms. The van der Waals surface area contributed by atoms with Gasteiger partial charge in [-0.2, -0.15) is 0 Å². The monoisotopic (exact) mass is 559 g/mol. The number of nitrogens with zero attached hydrogens (tertiary/aromatic N) is 2. The molecule has 0 heterocycles. The van der Waals surface area contributed by atoms with Crippen LogP contribution in [0.4, 0.5) is 4.79 Å². The molecule has 0 saturated carbocycles. The van der Waals surface area contributed by atoms with Crippen molar-refractivity contribution in [2.24, 2.45) is 11.3 Å². The van der Waals surface area contributed by atoms with Crippen molar-refractivity contribution in [3.05, 3.63) is 47.5 Å². The van der Waals surface area contributed by atoms with Crippen molar-refractivity contribution >= 4 is 18.0 Å². The van der Waals surface area contributed by atoms with E-state index < -0.39 is 40.6 Å². The number of likely N-dealkylation sites (N-methyl/N-ethyl adjacent to an activating group) is 2. The van der Waals surface area contributed by atoms with E-state index in [1.165, 1.54) is 6.92 Å². The van der Waals surface area contributed by atoms with Gasteiger partial charge in [0.1, 0.15) is 5.60 Å². The molecule has 0 aliphatic heterocycles. The Labute approximate surface area is 242 Å². The van der Waals surface area contributed by atoms with Crippen molar-refractivity contribution in [2.45, 2.75) is 105 Å². The molecule has 226 valence electrons. The molecule has 0 aliphatic rings. The van der Waals surface area contributed by atoms with E-state index in [0.717, 1.165) is 5.56 Å². The fourth-order valence-electron chi connectivity index (χ4n) is 4.82. The lowest BCUT2D eigenvalue weighted by Crippen LogP contribution is -2.60. The molecule has 8 nitrogen and oxygen atoms in total. The smallest absolute Gasteiger partial charge is 0.410 e. The first-order chi connectivity index (χ1) is 18.1. The molecule has 0 unspecified atom stereocenters. The van der Waals surface area contributed by atoms with Crippen LogP contribution in [-0.4, -0.2) is 77.2 Å². The van der Waals surface area contributed by atoms with Gasteiger partial charge in [-0.3, -0.25) is 4.79 Å². The van der Waals surface area contributed by atoms with Gasteiger partial charge in [-0.25, -0.2) is 9.59 Å². The first kappa shape index (κ1) is 35.2. The summed E-state index contributed by atoms with van der Waals surface area (Å²) in [5.41, 5.74) is -0.353. The predicted molar refractivity (Wildman–Crippen MR) is 161 cm³/mol. The van der Waals surface area contributed by atoms with Gasteiger partial charge in [-0.1, -0.05) is 84.9 Å². The Morgan fingerprint density at radius 2 is 1.48 bits per heavy atom. The average molecular weight is 560 g/mol. The van der Waals surface area contributed by atoms with E-state index in [0.29, 0.717) is 6.54 Å². The van der Waals surface area contributed by atoms with Crippen LogP contribution in [-0.2, 0) is 19.7 Å². The number of ether oxygens (including phenoxy) is 1. The van der Waals surface area contributed by atoms with Crippen LogP contribution in [0.15, 0.2) is 42.0 Å². The zero-order valence-corrected chi connectivity index (χ0v) is 27.0. The highest BCUT2D eigenvalue weighted by molar-refractivity contribution is 5.86. The maximum absolute atomic E-state index is 14.0. The van der Waals surface area contributed by atoms with Gasteiger partial charge in [0, 0.05) is 31.6 Å². The van der Waals surface area contributed by atoms with Crippen LogP contribution >= 0.6 is 0 Å². The summed E-state index contributed by atoms with van der Waals surface area (Å²) < 4.78 is 5.71. The van der Waals surface area contributed by atoms with Crippen LogP contribution in [0.1, 0.15) is 81.7 Å². The number of aliphatic carboxylic acids is 1. The van der Waals surface area contributed by atoms with Crippen LogP contribution in [0.3, 0.4) is 0 Å². The largest absolute Gasteiger partial charge is 0.478 e. The maximum Gasteiger partial charge on any atom is 0.410 e. The summed E-state index contributed by atoms with van der Waals surface area (Å²) in [6.07, 6.45) is 1.20. The third kappa shape index (κ3) is 9.65. The minimum absolute atomic E-state index is 0.00642. The molecule has 1 aromatic rings. The third-order valence-corrected chi connectivity index (χ3v) is 7.36. The van der Waals surface area contributed by atoms with Crippen LogP contribution in [0, 0.1) is 11.3 Å². The lowest BCUT2D eigenvalue weighted by Gasteiger charge is -2.43. The van der Waals surface area contributed by atoms with Gasteiger partial charge in [0.05, 0.1) is 18.1 Å². The number of carbonyl (C=O) groups excluding carboxylic acids is 2. The molecule has 0 spiro atoms. The van der Waals surface area contributed by atoms with Gasteiger partial charge in [-0.05, 0) is 44.6 Å². The van der Waals surface area contributed by atoms with Crippen molar-refractivity contribution in [3.8, 4) is 0 Å². The number of rotatable bonds is 11. The summed E-state index contributed by atoms with van der Waals surface area (Å²) in [6.45, 7) is 21.5. The van der Waals surface area contributed by atoms with Crippen LogP contribution in [0.5, 0.6) is 0 Å². The molecular formula is C32H53N3O5. The highest BCUT2D eigenvalue weighted by atomic mass is 16.6. The first-order valence-electron chi connectivity index (χ1n) is 14.0. The molecule has 0 radical (unpaired) electrons. The summed E-state index contributed by atoms with van der Waals surface area (Å²) >= 11 is 0. The number of amides is 2. The van der Waals surface area contributed by atoms with Crippen LogP contribution in [0.2, 0.25) is 0 Å². The minimum Gasteiger partial charge on any atom is -0.478 e. The van der Waals surface area contributed by atoms with E-state index in [1.54, 1.807) is 30.0 Å². The average Bonchev–Trinajstić information content (AvgIpc) is 2.82. The van der Waals surface area contributed by atoms with Gasteiger partial charge >= 0.3 is 12.1 Å². The van der Waals surface area contributed by atoms with Gasteiger partial charge in [0.15, 0.2) is 0 Å². The first-order valence-corrected chi connectivity index (χ1v) is 14.0. The summed E-state index contributed by atoms with van der Waals surface area (Å²) in [4.78, 5) is 42.0. The zero-order chi connectivity index (χ0) is 31.2. The Morgan fingerprint density at radius 1 is 0.950 bits per heavy atom. The van der Waals surface area contributed by atoms with Crippen molar-refractivity contribution in [2.75, 3.05) is 20.6 Å². The fraction of sp³-hybridized carbons (Fsp3) is 0.656. The Kier molecular flexibility index (Phi) is 12.0. The fourth-order valence-corrected chi connectivity index (χ4v) is 4.82. The molecule has 2 N–H and O–H groups in total. The maximum atomic E-state index is 14.0. The second-order valence-corrected chi connectivity index (χ2v) is 13.7. The number of hydrogen-bond acceptors (Lipinski definition) is 5. The Balaban J connectivity index is 3.45. The van der Waals surface area contributed by atoms with Crippen molar-refractivity contribution in [3.63, 3.8) is 0 Å². The minimum atomic E-state index is -1.01. The molecule has 3 atom stereocenters. The summed E-state index contributed by atoms with van der Waals surface area (Å²) in [5.74, 6) is -1.14. The normalized spacial score (nSPS) is 15.3. The lowest BCUT2D eigenvalue weighted by atomic mass is 9.76. The Morgan fingerprint density at radius 3 is 1.90 bits per heavy atom. The molecule has 0 fully saturated rings. The number of carbonyl (C=O) groups is 3. The Bertz CT molecular complexity index is 1030. The molecule has 1 aromatic carbocycles. The predicted octanol–water partition coefficient (Wildman–Crippen LogP) is 5.72. The SMILES string of the molecule is CC(=C[C@H](C(C)C)N(C)C(=O)[C@@H](NC[C@@H](N(C)C(=O)OC(C)(C)C)C(C)(C)c1ccccc1)C(C)(C)C)C(=O)O. The third-order valence-electron chi connectivity index (χ3n) is 7.36. The summed E-state index contributed by atoms with van der Waals surface area (Å²) in [5, 5.41) is 12.9. The highest BCUT2D eigenvalue weighted by Crippen LogP contribution is 2.32. The highest BCUT2D eigenvalue weighted by Gasteiger charge is 2.41. The molecule has 8 heteroatoms. The van der Waals surface area contributed by atoms with Crippen LogP contribution < -0.4 is 5.32 Å². The molecule has 2 amide bonds. The van der Waals surface area contributed by atoms with Gasteiger partial charge in [0.25, 0.3) is 0 Å². The van der Waals surface area contributed by atoms with Crippen molar-refractivity contribution < 1.29 is 24.2 Å². The molecular weight excluding hydrogens is 506 g/mol. The number of carboxylic acids is 1. The van der Waals surface area contributed by atoms with E-state index in [9.17, 15) is 19.5 Å². The summed E-state index contributed by atoms with van der Waals surface area (Å²) in [6, 6.07) is 8.65. The topological polar surface area (TPSA) is 99.2 Å². The van der Waals surface area contributed by atoms with Gasteiger partial charge < -0.3 is 25.0 Å². The molecule has 0 aromatic heterocycles. The second-order valence-electron chi connectivity index (χ2n) is 13.7. The molecule has 0 saturated heterocycles. The zero-order valence-electron chi connectivity index (χ0n) is 27.0. The van der Waals surface area contributed by atoms with E-state index in [4.69, 9.17) is 4.74 Å². The van der Waals surface area contributed by atoms with E-state index in [-0.39, 0.29) is 23.4 Å². The number of hydrogen-bond donors (Lipinski definition) is 2. The Hall–Kier alpha value is -2.87. The van der Waals surface area contributed by atoms with E-state index >= 15 is 0 Å². The number of nitrogens with one attached hydrogen (secondary N) is 1.